The van der Waals surface area contributed by atoms with Crippen molar-refractivity contribution < 1.29 is 0 Å². The molecule has 1 nitrogen and oxygen atoms in total. The summed E-state index contributed by atoms with van der Waals surface area (Å²) in [6.45, 7) is 6.03. The molecule has 1 fully saturated rings. The molecule has 1 N–H and O–H groups in total. The third kappa shape index (κ3) is 4.47. The van der Waals surface area contributed by atoms with Gasteiger partial charge in [-0.15, -0.1) is 6.58 Å². The smallest absolute Gasteiger partial charge is 0.00757 e. The van der Waals surface area contributed by atoms with Crippen LogP contribution in [0.1, 0.15) is 51.9 Å². The first-order valence-corrected chi connectivity index (χ1v) is 5.70. The minimum atomic E-state index is 0.612. The lowest BCUT2D eigenvalue weighted by atomic mass is 10.1. The van der Waals surface area contributed by atoms with Crippen LogP contribution in [-0.2, 0) is 0 Å². The Morgan fingerprint density at radius 2 is 1.92 bits per heavy atom. The molecule has 0 aliphatic heterocycles. The fraction of sp³-hybridized carbons (Fsp3) is 0.833. The Labute approximate surface area is 82.6 Å². The summed E-state index contributed by atoms with van der Waals surface area (Å²) in [7, 11) is 0. The highest BCUT2D eigenvalue weighted by atomic mass is 14.9. The molecule has 0 saturated heterocycles. The third-order valence-electron chi connectivity index (χ3n) is 2.90. The Morgan fingerprint density at radius 1 is 1.31 bits per heavy atom. The van der Waals surface area contributed by atoms with Crippen molar-refractivity contribution in [1.82, 2.24) is 5.32 Å². The summed E-state index contributed by atoms with van der Waals surface area (Å²) in [5, 5.41) is 3.69. The number of nitrogens with one attached hydrogen (secondary N) is 1. The second-order valence-electron chi connectivity index (χ2n) is 4.28. The lowest BCUT2D eigenvalue weighted by Crippen LogP contribution is -2.35. The van der Waals surface area contributed by atoms with Gasteiger partial charge >= 0.3 is 0 Å². The molecule has 1 saturated carbocycles. The molecule has 1 unspecified atom stereocenters. The normalized spacial score (nSPS) is 22.2. The molecular formula is C12H23N. The lowest BCUT2D eigenvalue weighted by Gasteiger charge is -2.20. The molecule has 1 rings (SSSR count). The Morgan fingerprint density at radius 3 is 2.46 bits per heavy atom. The van der Waals surface area contributed by atoms with Gasteiger partial charge < -0.3 is 5.32 Å². The molecule has 0 amide bonds. The average molecular weight is 181 g/mol. The second-order valence-corrected chi connectivity index (χ2v) is 4.28. The van der Waals surface area contributed by atoms with E-state index in [1.165, 1.54) is 38.5 Å². The molecule has 1 heteroatoms. The zero-order chi connectivity index (χ0) is 9.52. The van der Waals surface area contributed by atoms with Gasteiger partial charge in [-0.05, 0) is 26.2 Å². The topological polar surface area (TPSA) is 12.0 Å². The first-order chi connectivity index (χ1) is 6.33. The zero-order valence-electron chi connectivity index (χ0n) is 8.89. The summed E-state index contributed by atoms with van der Waals surface area (Å²) in [5.74, 6) is 0. The van der Waals surface area contributed by atoms with Crippen molar-refractivity contribution in [3.8, 4) is 0 Å². The summed E-state index contributed by atoms with van der Waals surface area (Å²) >= 11 is 0. The van der Waals surface area contributed by atoms with E-state index in [0.29, 0.717) is 6.04 Å². The van der Waals surface area contributed by atoms with Gasteiger partial charge in [0, 0.05) is 12.1 Å². The molecule has 1 atom stereocenters. The summed E-state index contributed by atoms with van der Waals surface area (Å²) in [5.41, 5.74) is 0. The van der Waals surface area contributed by atoms with Gasteiger partial charge in [-0.3, -0.25) is 0 Å². The van der Waals surface area contributed by atoms with Crippen LogP contribution in [0.3, 0.4) is 0 Å². The van der Waals surface area contributed by atoms with Crippen LogP contribution in [0.15, 0.2) is 12.7 Å². The predicted molar refractivity (Wildman–Crippen MR) is 58.9 cm³/mol. The fourth-order valence-corrected chi connectivity index (χ4v) is 2.17. The summed E-state index contributed by atoms with van der Waals surface area (Å²) in [4.78, 5) is 0. The Kier molecular flexibility index (Phi) is 5.14. The highest BCUT2D eigenvalue weighted by Gasteiger charge is 2.13. The van der Waals surface area contributed by atoms with Crippen LogP contribution in [0.2, 0.25) is 0 Å². The van der Waals surface area contributed by atoms with E-state index < -0.39 is 0 Å². The van der Waals surface area contributed by atoms with Gasteiger partial charge in [0.05, 0.1) is 0 Å². The number of hydrogen-bond acceptors (Lipinski definition) is 1. The van der Waals surface area contributed by atoms with Gasteiger partial charge in [0.15, 0.2) is 0 Å². The summed E-state index contributed by atoms with van der Waals surface area (Å²) < 4.78 is 0. The van der Waals surface area contributed by atoms with E-state index in [4.69, 9.17) is 0 Å². The zero-order valence-corrected chi connectivity index (χ0v) is 8.89. The molecule has 1 aliphatic carbocycles. The number of rotatable bonds is 4. The minimum Gasteiger partial charge on any atom is -0.311 e. The van der Waals surface area contributed by atoms with Crippen molar-refractivity contribution >= 4 is 0 Å². The molecule has 13 heavy (non-hydrogen) atoms. The molecule has 76 valence electrons. The maximum atomic E-state index is 3.77. The van der Waals surface area contributed by atoms with Crippen molar-refractivity contribution in [2.75, 3.05) is 0 Å². The summed E-state index contributed by atoms with van der Waals surface area (Å²) in [6, 6.07) is 1.39. The van der Waals surface area contributed by atoms with Crippen LogP contribution < -0.4 is 5.32 Å². The van der Waals surface area contributed by atoms with E-state index >= 15 is 0 Å². The van der Waals surface area contributed by atoms with Gasteiger partial charge in [0.25, 0.3) is 0 Å². The second kappa shape index (κ2) is 6.20. The van der Waals surface area contributed by atoms with Crippen LogP contribution in [0.25, 0.3) is 0 Å². The van der Waals surface area contributed by atoms with Crippen molar-refractivity contribution in [2.24, 2.45) is 0 Å². The van der Waals surface area contributed by atoms with Crippen LogP contribution >= 0.6 is 0 Å². The predicted octanol–water partition coefficient (Wildman–Crippen LogP) is 3.26. The average Bonchev–Trinajstić information content (AvgIpc) is 2.33. The SMILES string of the molecule is C=CCC(C)NC1CCCCCC1. The molecule has 0 aromatic heterocycles. The third-order valence-corrected chi connectivity index (χ3v) is 2.90. The van der Waals surface area contributed by atoms with Gasteiger partial charge in [0.2, 0.25) is 0 Å². The number of hydrogen-bond donors (Lipinski definition) is 1. The Bertz CT molecular complexity index is 134. The van der Waals surface area contributed by atoms with Crippen molar-refractivity contribution in [3.63, 3.8) is 0 Å². The molecule has 0 aromatic carbocycles. The standard InChI is InChI=1S/C12H23N/c1-3-8-11(2)13-12-9-6-4-5-7-10-12/h3,11-13H,1,4-10H2,2H3. The molecule has 0 aromatic rings. The first kappa shape index (κ1) is 10.8. The highest BCUT2D eigenvalue weighted by molar-refractivity contribution is 4.79. The van der Waals surface area contributed by atoms with Gasteiger partial charge in [0.1, 0.15) is 0 Å². The summed E-state index contributed by atoms with van der Waals surface area (Å²) in [6.07, 6.45) is 11.6. The van der Waals surface area contributed by atoms with E-state index in [2.05, 4.69) is 18.8 Å². The van der Waals surface area contributed by atoms with Crippen molar-refractivity contribution in [2.45, 2.75) is 64.0 Å². The van der Waals surface area contributed by atoms with Gasteiger partial charge in [-0.25, -0.2) is 0 Å². The van der Waals surface area contributed by atoms with Crippen molar-refractivity contribution in [3.05, 3.63) is 12.7 Å². The van der Waals surface area contributed by atoms with Crippen molar-refractivity contribution in [1.29, 1.82) is 0 Å². The highest BCUT2D eigenvalue weighted by Crippen LogP contribution is 2.17. The lowest BCUT2D eigenvalue weighted by molar-refractivity contribution is 0.409. The van der Waals surface area contributed by atoms with Gasteiger partial charge in [-0.2, -0.15) is 0 Å². The van der Waals surface area contributed by atoms with Crippen LogP contribution in [0.4, 0.5) is 0 Å². The Balaban J connectivity index is 2.20. The molecule has 0 radical (unpaired) electrons. The van der Waals surface area contributed by atoms with Crippen LogP contribution in [0, 0.1) is 0 Å². The van der Waals surface area contributed by atoms with Crippen LogP contribution in [0.5, 0.6) is 0 Å². The van der Waals surface area contributed by atoms with Gasteiger partial charge in [-0.1, -0.05) is 31.8 Å². The maximum Gasteiger partial charge on any atom is 0.00757 e. The van der Waals surface area contributed by atoms with E-state index in [1.54, 1.807) is 0 Å². The monoisotopic (exact) mass is 181 g/mol. The van der Waals surface area contributed by atoms with E-state index in [-0.39, 0.29) is 0 Å². The molecular weight excluding hydrogens is 158 g/mol. The van der Waals surface area contributed by atoms with E-state index in [1.807, 2.05) is 6.08 Å². The molecule has 0 bridgehead atoms. The minimum absolute atomic E-state index is 0.612. The molecule has 0 heterocycles. The first-order valence-electron chi connectivity index (χ1n) is 5.70. The fourth-order valence-electron chi connectivity index (χ4n) is 2.17. The largest absolute Gasteiger partial charge is 0.311 e. The van der Waals surface area contributed by atoms with E-state index in [9.17, 15) is 0 Å². The maximum absolute atomic E-state index is 3.77. The van der Waals surface area contributed by atoms with Crippen LogP contribution in [-0.4, -0.2) is 12.1 Å². The van der Waals surface area contributed by atoms with E-state index in [0.717, 1.165) is 12.5 Å². The molecule has 1 aliphatic rings. The Hall–Kier alpha value is -0.300. The quantitative estimate of drug-likeness (QED) is 0.518. The molecule has 0 spiro atoms.